The first-order chi connectivity index (χ1) is 13.6. The van der Waals surface area contributed by atoms with Gasteiger partial charge in [-0.25, -0.2) is 4.79 Å². The number of benzene rings is 3. The smallest absolute Gasteiger partial charge is 0.338 e. The van der Waals surface area contributed by atoms with Crippen LogP contribution in [0.1, 0.15) is 38.7 Å². The van der Waals surface area contributed by atoms with Gasteiger partial charge in [-0.05, 0) is 71.8 Å². The van der Waals surface area contributed by atoms with Gasteiger partial charge < -0.3 is 9.47 Å². The largest absolute Gasteiger partial charge is 0.423 e. The summed E-state index contributed by atoms with van der Waals surface area (Å²) < 4.78 is 10.9. The van der Waals surface area contributed by atoms with Crippen LogP contribution in [0.4, 0.5) is 0 Å². The lowest BCUT2D eigenvalue weighted by atomic mass is 9.98. The average molecular weight is 376 g/mol. The Kier molecular flexibility index (Phi) is 6.83. The zero-order valence-corrected chi connectivity index (χ0v) is 16.8. The standard InChI is InChI=1S/C25H28O3/c1-4-14-27-15-6-5-7-19-8-12-23-20(16-19)9-10-21-17-22(11-13-24(21)23)28-25(26)18(2)3/h8-13,16-17H,2,4-7,14-15H2,1,3H3. The van der Waals surface area contributed by atoms with E-state index in [4.69, 9.17) is 9.47 Å². The van der Waals surface area contributed by atoms with Gasteiger partial charge in [0.05, 0.1) is 0 Å². The predicted octanol–water partition coefficient (Wildman–Crippen LogP) is 6.22. The molecule has 0 bridgehead atoms. The van der Waals surface area contributed by atoms with Crippen molar-refractivity contribution in [2.45, 2.75) is 39.5 Å². The van der Waals surface area contributed by atoms with Gasteiger partial charge in [0, 0.05) is 18.8 Å². The molecule has 146 valence electrons. The van der Waals surface area contributed by atoms with Gasteiger partial charge in [-0.2, -0.15) is 0 Å². The fourth-order valence-electron chi connectivity index (χ4n) is 3.29. The van der Waals surface area contributed by atoms with Crippen LogP contribution in [0.2, 0.25) is 0 Å². The van der Waals surface area contributed by atoms with Gasteiger partial charge in [0.15, 0.2) is 0 Å². The Labute approximate surface area is 167 Å². The summed E-state index contributed by atoms with van der Waals surface area (Å²) in [5, 5.41) is 4.66. The summed E-state index contributed by atoms with van der Waals surface area (Å²) in [4.78, 5) is 11.7. The molecule has 0 heterocycles. The number of hydrogen-bond acceptors (Lipinski definition) is 3. The van der Waals surface area contributed by atoms with E-state index >= 15 is 0 Å². The fraction of sp³-hybridized carbons (Fsp3) is 0.320. The van der Waals surface area contributed by atoms with E-state index in [1.807, 2.05) is 18.2 Å². The molecule has 0 aromatic heterocycles. The number of unbranched alkanes of at least 4 members (excludes halogenated alkanes) is 1. The average Bonchev–Trinajstić information content (AvgIpc) is 2.70. The Morgan fingerprint density at radius 1 is 0.929 bits per heavy atom. The quantitative estimate of drug-likeness (QED) is 0.146. The molecule has 0 radical (unpaired) electrons. The van der Waals surface area contributed by atoms with Crippen molar-refractivity contribution in [2.75, 3.05) is 13.2 Å². The monoisotopic (exact) mass is 376 g/mol. The van der Waals surface area contributed by atoms with E-state index in [9.17, 15) is 4.79 Å². The number of carbonyl (C=O) groups is 1. The predicted molar refractivity (Wildman–Crippen MR) is 116 cm³/mol. The third-order valence-electron chi connectivity index (χ3n) is 4.78. The maximum atomic E-state index is 11.7. The van der Waals surface area contributed by atoms with E-state index in [-0.39, 0.29) is 0 Å². The van der Waals surface area contributed by atoms with E-state index in [0.29, 0.717) is 11.3 Å². The van der Waals surface area contributed by atoms with Crippen molar-refractivity contribution >= 4 is 27.5 Å². The van der Waals surface area contributed by atoms with Crippen LogP contribution in [-0.4, -0.2) is 19.2 Å². The van der Waals surface area contributed by atoms with Gasteiger partial charge in [-0.3, -0.25) is 0 Å². The molecule has 0 aliphatic carbocycles. The van der Waals surface area contributed by atoms with E-state index in [0.717, 1.165) is 49.7 Å². The summed E-state index contributed by atoms with van der Waals surface area (Å²) in [5.41, 5.74) is 1.75. The van der Waals surface area contributed by atoms with Crippen LogP contribution in [0, 0.1) is 0 Å². The first kappa shape index (κ1) is 20.1. The zero-order valence-electron chi connectivity index (χ0n) is 16.8. The maximum absolute atomic E-state index is 11.7. The minimum absolute atomic E-state index is 0.392. The molecule has 3 aromatic carbocycles. The number of rotatable bonds is 9. The van der Waals surface area contributed by atoms with Crippen molar-refractivity contribution in [3.63, 3.8) is 0 Å². The second-order valence-electron chi connectivity index (χ2n) is 7.24. The third-order valence-corrected chi connectivity index (χ3v) is 4.78. The Hall–Kier alpha value is -2.65. The SMILES string of the molecule is C=C(C)C(=O)Oc1ccc2c(ccc3cc(CCCCOCCC)ccc32)c1. The van der Waals surface area contributed by atoms with Crippen molar-refractivity contribution in [3.05, 3.63) is 66.2 Å². The van der Waals surface area contributed by atoms with Crippen molar-refractivity contribution in [2.24, 2.45) is 0 Å². The summed E-state index contributed by atoms with van der Waals surface area (Å²) in [6, 6.07) is 16.7. The second kappa shape index (κ2) is 9.52. The molecule has 28 heavy (non-hydrogen) atoms. The van der Waals surface area contributed by atoms with Crippen LogP contribution >= 0.6 is 0 Å². The van der Waals surface area contributed by atoms with Gasteiger partial charge in [-0.1, -0.05) is 49.9 Å². The molecule has 0 fully saturated rings. The topological polar surface area (TPSA) is 35.5 Å². The highest BCUT2D eigenvalue weighted by molar-refractivity contribution is 6.08. The van der Waals surface area contributed by atoms with Crippen molar-refractivity contribution < 1.29 is 14.3 Å². The molecule has 0 spiro atoms. The van der Waals surface area contributed by atoms with Crippen LogP contribution in [0.3, 0.4) is 0 Å². The molecular formula is C25H28O3. The van der Waals surface area contributed by atoms with Gasteiger partial charge in [0.1, 0.15) is 5.75 Å². The highest BCUT2D eigenvalue weighted by Gasteiger charge is 2.08. The molecular weight excluding hydrogens is 348 g/mol. The minimum atomic E-state index is -0.398. The Balaban J connectivity index is 1.73. The van der Waals surface area contributed by atoms with Crippen LogP contribution in [-0.2, 0) is 16.0 Å². The third kappa shape index (κ3) is 4.99. The van der Waals surface area contributed by atoms with Gasteiger partial charge in [0.2, 0.25) is 0 Å². The molecule has 3 aromatic rings. The summed E-state index contributed by atoms with van der Waals surface area (Å²) in [6.45, 7) is 9.11. The summed E-state index contributed by atoms with van der Waals surface area (Å²) in [7, 11) is 0. The van der Waals surface area contributed by atoms with E-state index < -0.39 is 5.97 Å². The number of esters is 1. The molecule has 0 N–H and O–H groups in total. The first-order valence-corrected chi connectivity index (χ1v) is 9.99. The molecule has 0 amide bonds. The molecule has 0 saturated carbocycles. The first-order valence-electron chi connectivity index (χ1n) is 9.99. The highest BCUT2D eigenvalue weighted by atomic mass is 16.5. The second-order valence-corrected chi connectivity index (χ2v) is 7.24. The number of ether oxygens (including phenoxy) is 2. The van der Waals surface area contributed by atoms with Gasteiger partial charge >= 0.3 is 5.97 Å². The summed E-state index contributed by atoms with van der Waals surface area (Å²) in [6.07, 6.45) is 4.39. The summed E-state index contributed by atoms with van der Waals surface area (Å²) in [5.74, 6) is 0.145. The molecule has 0 aliphatic heterocycles. The number of hydrogen-bond donors (Lipinski definition) is 0. The lowest BCUT2D eigenvalue weighted by Crippen LogP contribution is -2.07. The molecule has 3 rings (SSSR count). The van der Waals surface area contributed by atoms with E-state index in [2.05, 4.69) is 43.8 Å². The maximum Gasteiger partial charge on any atom is 0.338 e. The normalized spacial score (nSPS) is 11.1. The van der Waals surface area contributed by atoms with Crippen molar-refractivity contribution in [1.29, 1.82) is 0 Å². The molecule has 0 aliphatic rings. The Morgan fingerprint density at radius 2 is 1.64 bits per heavy atom. The van der Waals surface area contributed by atoms with Crippen molar-refractivity contribution in [1.82, 2.24) is 0 Å². The zero-order chi connectivity index (χ0) is 19.9. The molecule has 0 atom stereocenters. The molecule has 3 heteroatoms. The van der Waals surface area contributed by atoms with Crippen LogP contribution in [0.25, 0.3) is 21.5 Å². The minimum Gasteiger partial charge on any atom is -0.423 e. The lowest BCUT2D eigenvalue weighted by molar-refractivity contribution is -0.130. The Morgan fingerprint density at radius 3 is 2.36 bits per heavy atom. The lowest BCUT2D eigenvalue weighted by Gasteiger charge is -2.09. The number of fused-ring (bicyclic) bond motifs is 3. The van der Waals surface area contributed by atoms with Gasteiger partial charge in [-0.15, -0.1) is 0 Å². The Bertz CT molecular complexity index is 988. The number of aryl methyl sites for hydroxylation is 1. The van der Waals surface area contributed by atoms with Gasteiger partial charge in [0.25, 0.3) is 0 Å². The summed E-state index contributed by atoms with van der Waals surface area (Å²) >= 11 is 0. The van der Waals surface area contributed by atoms with Crippen LogP contribution < -0.4 is 4.74 Å². The molecule has 0 saturated heterocycles. The molecule has 3 nitrogen and oxygen atoms in total. The van der Waals surface area contributed by atoms with E-state index in [1.54, 1.807) is 6.92 Å². The van der Waals surface area contributed by atoms with Crippen molar-refractivity contribution in [3.8, 4) is 5.75 Å². The highest BCUT2D eigenvalue weighted by Crippen LogP contribution is 2.29. The van der Waals surface area contributed by atoms with E-state index in [1.165, 1.54) is 16.3 Å². The van der Waals surface area contributed by atoms with Crippen LogP contribution in [0.15, 0.2) is 60.7 Å². The van der Waals surface area contributed by atoms with Crippen LogP contribution in [0.5, 0.6) is 5.75 Å². The number of carbonyl (C=O) groups excluding carboxylic acids is 1. The fourth-order valence-corrected chi connectivity index (χ4v) is 3.29. The molecule has 0 unspecified atom stereocenters.